The molecule has 0 fully saturated rings. The highest BCUT2D eigenvalue weighted by molar-refractivity contribution is 7.98. The number of hydrogen-bond donors (Lipinski definition) is 1. The predicted octanol–water partition coefficient (Wildman–Crippen LogP) is 4.19. The number of anilines is 1. The number of carbonyl (C=O) groups is 1. The SMILES string of the molecule is Cc1ccc(CSCCOc2ccc3c(c2)CCC(=O)N3)cc1. The van der Waals surface area contributed by atoms with Gasteiger partial charge in [-0.25, -0.2) is 0 Å². The van der Waals surface area contributed by atoms with Crippen LogP contribution in [-0.4, -0.2) is 18.3 Å². The third-order valence-electron chi connectivity index (χ3n) is 3.86. The van der Waals surface area contributed by atoms with Gasteiger partial charge in [-0.15, -0.1) is 0 Å². The summed E-state index contributed by atoms with van der Waals surface area (Å²) in [6.45, 7) is 2.80. The summed E-state index contributed by atoms with van der Waals surface area (Å²) in [7, 11) is 0. The lowest BCUT2D eigenvalue weighted by atomic mass is 10.0. The van der Waals surface area contributed by atoms with Gasteiger partial charge in [0.2, 0.25) is 5.91 Å². The molecule has 120 valence electrons. The van der Waals surface area contributed by atoms with Crippen molar-refractivity contribution < 1.29 is 9.53 Å². The molecule has 1 aliphatic rings. The molecule has 0 saturated heterocycles. The van der Waals surface area contributed by atoms with Crippen molar-refractivity contribution in [2.45, 2.75) is 25.5 Å². The first-order valence-electron chi connectivity index (χ1n) is 7.89. The molecule has 1 heterocycles. The van der Waals surface area contributed by atoms with Crippen LogP contribution in [0.4, 0.5) is 5.69 Å². The van der Waals surface area contributed by atoms with Crippen molar-refractivity contribution in [3.05, 3.63) is 59.2 Å². The Balaban J connectivity index is 1.42. The zero-order valence-electron chi connectivity index (χ0n) is 13.3. The lowest BCUT2D eigenvalue weighted by Crippen LogP contribution is -2.18. The van der Waals surface area contributed by atoms with Gasteiger partial charge in [-0.3, -0.25) is 4.79 Å². The van der Waals surface area contributed by atoms with Crippen LogP contribution in [0, 0.1) is 6.92 Å². The van der Waals surface area contributed by atoms with E-state index < -0.39 is 0 Å². The Hall–Kier alpha value is -1.94. The first-order chi connectivity index (χ1) is 11.2. The van der Waals surface area contributed by atoms with Crippen LogP contribution in [-0.2, 0) is 17.0 Å². The molecule has 0 saturated carbocycles. The highest BCUT2D eigenvalue weighted by Gasteiger charge is 2.14. The minimum Gasteiger partial charge on any atom is -0.493 e. The summed E-state index contributed by atoms with van der Waals surface area (Å²) in [6, 6.07) is 14.6. The van der Waals surface area contributed by atoms with E-state index >= 15 is 0 Å². The number of rotatable bonds is 6. The van der Waals surface area contributed by atoms with E-state index in [1.54, 1.807) is 0 Å². The first-order valence-corrected chi connectivity index (χ1v) is 9.05. The van der Waals surface area contributed by atoms with Gasteiger partial charge in [-0.2, -0.15) is 11.8 Å². The molecule has 0 atom stereocenters. The van der Waals surface area contributed by atoms with Gasteiger partial charge < -0.3 is 10.1 Å². The molecule has 1 N–H and O–H groups in total. The molecule has 1 aliphatic heterocycles. The molecule has 0 bridgehead atoms. The Morgan fingerprint density at radius 2 is 1.96 bits per heavy atom. The van der Waals surface area contributed by atoms with Crippen LogP contribution >= 0.6 is 11.8 Å². The third kappa shape index (κ3) is 4.52. The lowest BCUT2D eigenvalue weighted by Gasteiger charge is -2.17. The number of fused-ring (bicyclic) bond motifs is 1. The minimum atomic E-state index is 0.0960. The maximum atomic E-state index is 11.3. The van der Waals surface area contributed by atoms with E-state index in [9.17, 15) is 4.79 Å². The highest BCUT2D eigenvalue weighted by atomic mass is 32.2. The van der Waals surface area contributed by atoms with Gasteiger partial charge in [0.15, 0.2) is 0 Å². The largest absolute Gasteiger partial charge is 0.493 e. The van der Waals surface area contributed by atoms with Gasteiger partial charge in [0.05, 0.1) is 6.61 Å². The highest BCUT2D eigenvalue weighted by Crippen LogP contribution is 2.26. The maximum absolute atomic E-state index is 11.3. The van der Waals surface area contributed by atoms with Crippen LogP contribution in [0.1, 0.15) is 23.1 Å². The normalized spacial score (nSPS) is 13.3. The smallest absolute Gasteiger partial charge is 0.224 e. The Bertz CT molecular complexity index is 682. The van der Waals surface area contributed by atoms with E-state index in [4.69, 9.17) is 4.74 Å². The van der Waals surface area contributed by atoms with Crippen LogP contribution in [0.2, 0.25) is 0 Å². The van der Waals surface area contributed by atoms with Crippen molar-refractivity contribution in [1.82, 2.24) is 0 Å². The maximum Gasteiger partial charge on any atom is 0.224 e. The fourth-order valence-electron chi connectivity index (χ4n) is 2.54. The molecule has 0 radical (unpaired) electrons. The number of ether oxygens (including phenoxy) is 1. The predicted molar refractivity (Wildman–Crippen MR) is 96.2 cm³/mol. The van der Waals surface area contributed by atoms with Crippen molar-refractivity contribution >= 4 is 23.4 Å². The molecule has 2 aromatic rings. The zero-order chi connectivity index (χ0) is 16.1. The number of hydrogen-bond acceptors (Lipinski definition) is 3. The van der Waals surface area contributed by atoms with Gasteiger partial charge in [0.1, 0.15) is 5.75 Å². The fourth-order valence-corrected chi connectivity index (χ4v) is 3.32. The monoisotopic (exact) mass is 327 g/mol. The number of nitrogens with one attached hydrogen (secondary N) is 1. The van der Waals surface area contributed by atoms with Crippen LogP contribution in [0.25, 0.3) is 0 Å². The van der Waals surface area contributed by atoms with Crippen molar-refractivity contribution in [2.75, 3.05) is 17.7 Å². The second-order valence-corrected chi connectivity index (χ2v) is 6.86. The quantitative estimate of drug-likeness (QED) is 0.809. The van der Waals surface area contributed by atoms with E-state index in [-0.39, 0.29) is 5.91 Å². The summed E-state index contributed by atoms with van der Waals surface area (Å²) in [5, 5.41) is 2.89. The minimum absolute atomic E-state index is 0.0960. The second kappa shape index (κ2) is 7.55. The van der Waals surface area contributed by atoms with Crippen molar-refractivity contribution in [3.63, 3.8) is 0 Å². The molecule has 0 unspecified atom stereocenters. The molecule has 4 heteroatoms. The molecular weight excluding hydrogens is 306 g/mol. The summed E-state index contributed by atoms with van der Waals surface area (Å²) in [5.74, 6) is 2.95. The van der Waals surface area contributed by atoms with Crippen LogP contribution in [0.15, 0.2) is 42.5 Å². The number of benzene rings is 2. The van der Waals surface area contributed by atoms with Gasteiger partial charge in [-0.1, -0.05) is 29.8 Å². The third-order valence-corrected chi connectivity index (χ3v) is 4.85. The number of carbonyl (C=O) groups excluding carboxylic acids is 1. The number of aryl methyl sites for hydroxylation is 2. The van der Waals surface area contributed by atoms with E-state index in [1.807, 2.05) is 30.0 Å². The molecule has 0 aromatic heterocycles. The van der Waals surface area contributed by atoms with Crippen LogP contribution in [0.5, 0.6) is 5.75 Å². The molecule has 2 aromatic carbocycles. The van der Waals surface area contributed by atoms with Crippen molar-refractivity contribution in [2.24, 2.45) is 0 Å². The first kappa shape index (κ1) is 15.9. The Labute approximate surface area is 141 Å². The molecule has 0 spiro atoms. The summed E-state index contributed by atoms with van der Waals surface area (Å²) in [5.41, 5.74) is 4.73. The van der Waals surface area contributed by atoms with Gasteiger partial charge in [-0.05, 0) is 42.7 Å². The molecule has 0 aliphatic carbocycles. The van der Waals surface area contributed by atoms with E-state index in [0.717, 1.165) is 34.9 Å². The number of amides is 1. The van der Waals surface area contributed by atoms with Crippen molar-refractivity contribution in [1.29, 1.82) is 0 Å². The molecule has 3 nitrogen and oxygen atoms in total. The van der Waals surface area contributed by atoms with E-state index in [0.29, 0.717) is 13.0 Å². The number of thioether (sulfide) groups is 1. The Morgan fingerprint density at radius 3 is 2.78 bits per heavy atom. The zero-order valence-corrected chi connectivity index (χ0v) is 14.1. The van der Waals surface area contributed by atoms with Gasteiger partial charge >= 0.3 is 0 Å². The fraction of sp³-hybridized carbons (Fsp3) is 0.316. The second-order valence-electron chi connectivity index (χ2n) is 5.75. The molecule has 23 heavy (non-hydrogen) atoms. The Morgan fingerprint density at radius 1 is 1.13 bits per heavy atom. The van der Waals surface area contributed by atoms with Crippen molar-refractivity contribution in [3.8, 4) is 5.75 Å². The summed E-state index contributed by atoms with van der Waals surface area (Å²) >= 11 is 1.88. The summed E-state index contributed by atoms with van der Waals surface area (Å²) in [4.78, 5) is 11.3. The van der Waals surface area contributed by atoms with Gasteiger partial charge in [0, 0.05) is 23.6 Å². The van der Waals surface area contributed by atoms with Gasteiger partial charge in [0.25, 0.3) is 0 Å². The topological polar surface area (TPSA) is 38.3 Å². The Kier molecular flexibility index (Phi) is 5.23. The van der Waals surface area contributed by atoms with Crippen LogP contribution < -0.4 is 10.1 Å². The summed E-state index contributed by atoms with van der Waals surface area (Å²) < 4.78 is 5.82. The lowest BCUT2D eigenvalue weighted by molar-refractivity contribution is -0.116. The van der Waals surface area contributed by atoms with Crippen LogP contribution in [0.3, 0.4) is 0 Å². The summed E-state index contributed by atoms with van der Waals surface area (Å²) in [6.07, 6.45) is 1.35. The van der Waals surface area contributed by atoms with E-state index in [2.05, 4.69) is 36.5 Å². The average molecular weight is 327 g/mol. The molecule has 3 rings (SSSR count). The van der Waals surface area contributed by atoms with E-state index in [1.165, 1.54) is 11.1 Å². The molecular formula is C19H21NO2S. The average Bonchev–Trinajstić information content (AvgIpc) is 2.56. The standard InChI is InChI=1S/C19H21NO2S/c1-14-2-4-15(5-3-14)13-23-11-10-22-17-7-8-18-16(12-17)6-9-19(21)20-18/h2-5,7-8,12H,6,9-11,13H2,1H3,(H,20,21). The molecule has 1 amide bonds.